The first-order valence-electron chi connectivity index (χ1n) is 6.01. The second kappa shape index (κ2) is 6.91. The van der Waals surface area contributed by atoms with Crippen LogP contribution in [0.25, 0.3) is 0 Å². The minimum absolute atomic E-state index is 0.0148. The number of rotatable bonds is 5. The Morgan fingerprint density at radius 1 is 1.24 bits per heavy atom. The lowest BCUT2D eigenvalue weighted by Crippen LogP contribution is -2.01. The van der Waals surface area contributed by atoms with Crippen LogP contribution >= 0.6 is 31.9 Å². The molecule has 21 heavy (non-hydrogen) atoms. The predicted octanol–water partition coefficient (Wildman–Crippen LogP) is 4.74. The highest BCUT2D eigenvalue weighted by Crippen LogP contribution is 2.28. The number of nitrogens with zero attached hydrogens (tertiary/aromatic N) is 1. The van der Waals surface area contributed by atoms with Crippen LogP contribution in [0.3, 0.4) is 0 Å². The largest absolute Gasteiger partial charge is 0.496 e. The van der Waals surface area contributed by atoms with Gasteiger partial charge in [0.15, 0.2) is 0 Å². The van der Waals surface area contributed by atoms with E-state index in [1.165, 1.54) is 19.2 Å². The summed E-state index contributed by atoms with van der Waals surface area (Å²) in [5, 5.41) is 14.1. The summed E-state index contributed by atoms with van der Waals surface area (Å²) in [7, 11) is 1.49. The van der Waals surface area contributed by atoms with E-state index >= 15 is 0 Å². The lowest BCUT2D eigenvalue weighted by Gasteiger charge is -2.10. The van der Waals surface area contributed by atoms with Crippen molar-refractivity contribution < 1.29 is 9.66 Å². The minimum atomic E-state index is -0.429. The Bertz CT molecular complexity index is 677. The molecular formula is C14H12Br2N2O3. The van der Waals surface area contributed by atoms with Crippen LogP contribution in [-0.4, -0.2) is 12.0 Å². The van der Waals surface area contributed by atoms with E-state index in [0.29, 0.717) is 12.3 Å². The Labute approximate surface area is 138 Å². The van der Waals surface area contributed by atoms with Gasteiger partial charge in [-0.1, -0.05) is 15.9 Å². The zero-order valence-corrected chi connectivity index (χ0v) is 14.3. The van der Waals surface area contributed by atoms with Crippen molar-refractivity contribution >= 4 is 43.2 Å². The first-order chi connectivity index (χ1) is 9.99. The first-order valence-corrected chi connectivity index (χ1v) is 7.59. The molecule has 0 saturated carbocycles. The Morgan fingerprint density at radius 3 is 2.62 bits per heavy atom. The van der Waals surface area contributed by atoms with E-state index in [1.807, 2.05) is 18.2 Å². The van der Waals surface area contributed by atoms with Crippen molar-refractivity contribution in [2.75, 3.05) is 12.4 Å². The molecule has 2 rings (SSSR count). The van der Waals surface area contributed by atoms with Gasteiger partial charge in [0.25, 0.3) is 5.69 Å². The molecule has 1 N–H and O–H groups in total. The number of nitrogens with one attached hydrogen (secondary N) is 1. The Morgan fingerprint density at radius 2 is 2.00 bits per heavy atom. The molecule has 0 amide bonds. The average Bonchev–Trinajstić information content (AvgIpc) is 2.46. The molecule has 0 radical (unpaired) electrons. The van der Waals surface area contributed by atoms with Crippen LogP contribution in [0.5, 0.6) is 5.75 Å². The van der Waals surface area contributed by atoms with Gasteiger partial charge < -0.3 is 10.1 Å². The molecule has 0 spiro atoms. The highest BCUT2D eigenvalue weighted by molar-refractivity contribution is 9.11. The van der Waals surface area contributed by atoms with E-state index < -0.39 is 4.92 Å². The molecule has 0 unspecified atom stereocenters. The van der Waals surface area contributed by atoms with Gasteiger partial charge in [-0.3, -0.25) is 10.1 Å². The lowest BCUT2D eigenvalue weighted by atomic mass is 10.2. The van der Waals surface area contributed by atoms with E-state index in [9.17, 15) is 10.1 Å². The monoisotopic (exact) mass is 414 g/mol. The number of halogens is 2. The Balaban J connectivity index is 2.19. The zero-order valence-electron chi connectivity index (χ0n) is 11.1. The van der Waals surface area contributed by atoms with E-state index in [1.54, 1.807) is 6.07 Å². The fourth-order valence-electron chi connectivity index (χ4n) is 1.80. The molecule has 0 aliphatic heterocycles. The van der Waals surface area contributed by atoms with Crippen molar-refractivity contribution in [3.05, 3.63) is 61.0 Å². The smallest absolute Gasteiger partial charge is 0.273 e. The molecule has 2 aromatic rings. The van der Waals surface area contributed by atoms with Gasteiger partial charge in [-0.15, -0.1) is 0 Å². The van der Waals surface area contributed by atoms with Crippen LogP contribution in [0.4, 0.5) is 11.4 Å². The Hall–Kier alpha value is -1.60. The van der Waals surface area contributed by atoms with Gasteiger partial charge in [0, 0.05) is 27.2 Å². The molecule has 2 aromatic carbocycles. The molecule has 0 aliphatic rings. The van der Waals surface area contributed by atoms with E-state index in [4.69, 9.17) is 4.74 Å². The molecule has 0 bridgehead atoms. The molecule has 110 valence electrons. The molecule has 0 atom stereocenters. The number of benzene rings is 2. The van der Waals surface area contributed by atoms with Crippen molar-refractivity contribution in [3.63, 3.8) is 0 Å². The van der Waals surface area contributed by atoms with Gasteiger partial charge in [0.1, 0.15) is 5.75 Å². The standard InChI is InChI=1S/C14H12Br2N2O3/c1-21-12-5-9(4-11(7-12)18(19)20)8-17-14-3-2-10(15)6-13(14)16/h2-7,17H,8H2,1H3. The summed E-state index contributed by atoms with van der Waals surface area (Å²) in [6.07, 6.45) is 0. The van der Waals surface area contributed by atoms with Gasteiger partial charge in [0.05, 0.1) is 18.1 Å². The summed E-state index contributed by atoms with van der Waals surface area (Å²) in [6.45, 7) is 0.457. The fraction of sp³-hybridized carbons (Fsp3) is 0.143. The van der Waals surface area contributed by atoms with E-state index in [0.717, 1.165) is 20.2 Å². The molecule has 0 heterocycles. The first kappa shape index (κ1) is 15.8. The van der Waals surface area contributed by atoms with Gasteiger partial charge in [-0.05, 0) is 45.8 Å². The number of ether oxygens (including phenoxy) is 1. The third kappa shape index (κ3) is 4.18. The highest BCUT2D eigenvalue weighted by Gasteiger charge is 2.10. The number of methoxy groups -OCH3 is 1. The van der Waals surface area contributed by atoms with E-state index in [2.05, 4.69) is 37.2 Å². The van der Waals surface area contributed by atoms with Gasteiger partial charge in [-0.2, -0.15) is 0 Å². The SMILES string of the molecule is COc1cc(CNc2ccc(Br)cc2Br)cc([N+](=O)[O-])c1. The average molecular weight is 416 g/mol. The van der Waals surface area contributed by atoms with Crippen LogP contribution in [0.1, 0.15) is 5.56 Å². The fourth-order valence-corrected chi connectivity index (χ4v) is 2.99. The normalized spacial score (nSPS) is 10.2. The van der Waals surface area contributed by atoms with E-state index in [-0.39, 0.29) is 5.69 Å². The minimum Gasteiger partial charge on any atom is -0.496 e. The zero-order chi connectivity index (χ0) is 15.4. The van der Waals surface area contributed by atoms with Crippen LogP contribution < -0.4 is 10.1 Å². The molecule has 0 saturated heterocycles. The summed E-state index contributed by atoms with van der Waals surface area (Å²) in [6, 6.07) is 10.5. The topological polar surface area (TPSA) is 64.4 Å². The number of non-ortho nitro benzene ring substituents is 1. The molecule has 0 aliphatic carbocycles. The molecule has 0 aromatic heterocycles. The van der Waals surface area contributed by atoms with Crippen molar-refractivity contribution in [1.82, 2.24) is 0 Å². The Kier molecular flexibility index (Phi) is 5.19. The number of hydrogen-bond acceptors (Lipinski definition) is 4. The van der Waals surface area contributed by atoms with Crippen molar-refractivity contribution in [2.45, 2.75) is 6.54 Å². The molecule has 5 nitrogen and oxygen atoms in total. The number of hydrogen-bond donors (Lipinski definition) is 1. The summed E-state index contributed by atoms with van der Waals surface area (Å²) in [5.74, 6) is 0.468. The molecular weight excluding hydrogens is 404 g/mol. The predicted molar refractivity (Wildman–Crippen MR) is 88.8 cm³/mol. The molecule has 0 fully saturated rings. The quantitative estimate of drug-likeness (QED) is 0.565. The summed E-state index contributed by atoms with van der Waals surface area (Å²) in [5.41, 5.74) is 1.69. The van der Waals surface area contributed by atoms with Gasteiger partial charge >= 0.3 is 0 Å². The maximum atomic E-state index is 10.9. The maximum absolute atomic E-state index is 10.9. The third-order valence-corrected chi connectivity index (χ3v) is 3.96. The van der Waals surface area contributed by atoms with Gasteiger partial charge in [0.2, 0.25) is 0 Å². The summed E-state index contributed by atoms with van der Waals surface area (Å²) in [4.78, 5) is 10.5. The van der Waals surface area contributed by atoms with Crippen molar-refractivity contribution in [3.8, 4) is 5.75 Å². The van der Waals surface area contributed by atoms with Crippen LogP contribution in [0.15, 0.2) is 45.3 Å². The summed E-state index contributed by atoms with van der Waals surface area (Å²) >= 11 is 6.85. The summed E-state index contributed by atoms with van der Waals surface area (Å²) < 4.78 is 6.97. The maximum Gasteiger partial charge on any atom is 0.273 e. The second-order valence-electron chi connectivity index (χ2n) is 4.27. The lowest BCUT2D eigenvalue weighted by molar-refractivity contribution is -0.385. The second-order valence-corrected chi connectivity index (χ2v) is 6.04. The number of anilines is 1. The van der Waals surface area contributed by atoms with Crippen LogP contribution in [0, 0.1) is 10.1 Å². The van der Waals surface area contributed by atoms with Crippen molar-refractivity contribution in [1.29, 1.82) is 0 Å². The highest BCUT2D eigenvalue weighted by atomic mass is 79.9. The number of nitro groups is 1. The molecule has 7 heteroatoms. The van der Waals surface area contributed by atoms with Crippen LogP contribution in [0.2, 0.25) is 0 Å². The van der Waals surface area contributed by atoms with Crippen molar-refractivity contribution in [2.24, 2.45) is 0 Å². The van der Waals surface area contributed by atoms with Crippen LogP contribution in [-0.2, 0) is 6.54 Å². The van der Waals surface area contributed by atoms with Gasteiger partial charge in [-0.25, -0.2) is 0 Å². The third-order valence-electron chi connectivity index (χ3n) is 2.81. The number of nitro benzene ring substituents is 1.